The summed E-state index contributed by atoms with van der Waals surface area (Å²) in [5.74, 6) is 1.95. The molecule has 0 heterocycles. The number of halogens is 2. The molecule has 1 unspecified atom stereocenters. The number of carbonyl (C=O) groups is 2. The number of carbonyl (C=O) groups excluding carboxylic acids is 2. The molecule has 0 aromatic heterocycles. The first-order valence-electron chi connectivity index (χ1n) is 8.69. The summed E-state index contributed by atoms with van der Waals surface area (Å²) in [5.41, 5.74) is 1.32. The molecule has 0 spiro atoms. The van der Waals surface area contributed by atoms with E-state index in [2.05, 4.69) is 5.32 Å². The first kappa shape index (κ1) is 16.4. The number of Topliss-reactive ketones (excluding diaryl/α,β-unsaturated/α-hetero) is 1. The highest BCUT2D eigenvalue weighted by molar-refractivity contribution is 6.51. The summed E-state index contributed by atoms with van der Waals surface area (Å²) < 4.78 is -0.512. The Morgan fingerprint density at radius 3 is 2.29 bits per heavy atom. The quantitative estimate of drug-likeness (QED) is 0.624. The first-order valence-corrected chi connectivity index (χ1v) is 9.45. The van der Waals surface area contributed by atoms with Gasteiger partial charge in [0, 0.05) is 17.2 Å². The van der Waals surface area contributed by atoms with Crippen LogP contribution >= 0.6 is 23.2 Å². The summed E-state index contributed by atoms with van der Waals surface area (Å²) in [6.07, 6.45) is 4.14. The molecule has 1 aromatic rings. The Labute approximate surface area is 152 Å². The lowest BCUT2D eigenvalue weighted by Gasteiger charge is -2.06. The van der Waals surface area contributed by atoms with Gasteiger partial charge in [-0.25, -0.2) is 0 Å². The summed E-state index contributed by atoms with van der Waals surface area (Å²) in [4.78, 5) is 24.1. The largest absolute Gasteiger partial charge is 0.326 e. The van der Waals surface area contributed by atoms with Gasteiger partial charge in [0.05, 0.1) is 0 Å². The smallest absolute Gasteiger partial charge is 0.228 e. The highest BCUT2D eigenvalue weighted by atomic mass is 35.5. The minimum atomic E-state index is -0.512. The van der Waals surface area contributed by atoms with E-state index in [4.69, 9.17) is 23.2 Å². The molecule has 0 saturated heterocycles. The first-order chi connectivity index (χ1) is 11.4. The minimum Gasteiger partial charge on any atom is -0.326 e. The van der Waals surface area contributed by atoms with Gasteiger partial charge in [-0.1, -0.05) is 12.1 Å². The zero-order valence-electron chi connectivity index (χ0n) is 13.6. The molecule has 4 rings (SSSR count). The summed E-state index contributed by atoms with van der Waals surface area (Å²) in [7, 11) is 0. The monoisotopic (exact) mass is 365 g/mol. The van der Waals surface area contributed by atoms with E-state index in [0.29, 0.717) is 34.9 Å². The molecule has 1 amide bonds. The van der Waals surface area contributed by atoms with Crippen molar-refractivity contribution in [3.63, 3.8) is 0 Å². The van der Waals surface area contributed by atoms with Crippen molar-refractivity contribution in [1.29, 1.82) is 0 Å². The highest BCUT2D eigenvalue weighted by Crippen LogP contribution is 2.67. The molecule has 3 nitrogen and oxygen atoms in total. The van der Waals surface area contributed by atoms with Crippen molar-refractivity contribution in [2.75, 3.05) is 5.32 Å². The van der Waals surface area contributed by atoms with Crippen LogP contribution in [0.3, 0.4) is 0 Å². The summed E-state index contributed by atoms with van der Waals surface area (Å²) in [6, 6.07) is 7.14. The van der Waals surface area contributed by atoms with Gasteiger partial charge in [0.2, 0.25) is 5.91 Å². The van der Waals surface area contributed by atoms with E-state index in [0.717, 1.165) is 25.7 Å². The van der Waals surface area contributed by atoms with Crippen molar-refractivity contribution in [3.05, 3.63) is 29.8 Å². The number of ketones is 1. The Bertz CT molecular complexity index is 680. The van der Waals surface area contributed by atoms with Crippen LogP contribution in [0.2, 0.25) is 0 Å². The predicted octanol–water partition coefficient (Wildman–Crippen LogP) is 4.68. The third-order valence-electron chi connectivity index (χ3n) is 6.16. The molecule has 1 aromatic carbocycles. The average molecular weight is 366 g/mol. The highest BCUT2D eigenvalue weighted by Gasteiger charge is 2.65. The Balaban J connectivity index is 1.39. The van der Waals surface area contributed by atoms with Gasteiger partial charge in [0.15, 0.2) is 5.78 Å². The molecule has 3 fully saturated rings. The van der Waals surface area contributed by atoms with Gasteiger partial charge >= 0.3 is 0 Å². The lowest BCUT2D eigenvalue weighted by Crippen LogP contribution is -2.16. The molecule has 3 aliphatic rings. The number of anilines is 1. The van der Waals surface area contributed by atoms with E-state index < -0.39 is 4.33 Å². The molecular weight excluding hydrogens is 345 g/mol. The van der Waals surface area contributed by atoms with Crippen LogP contribution in [0.25, 0.3) is 0 Å². The van der Waals surface area contributed by atoms with Crippen LogP contribution in [-0.4, -0.2) is 16.0 Å². The van der Waals surface area contributed by atoms with E-state index in [9.17, 15) is 9.59 Å². The van der Waals surface area contributed by atoms with Gasteiger partial charge in [-0.2, -0.15) is 0 Å². The summed E-state index contributed by atoms with van der Waals surface area (Å²) in [6.45, 7) is 1.53. The van der Waals surface area contributed by atoms with Crippen LogP contribution in [0, 0.1) is 29.6 Å². The van der Waals surface area contributed by atoms with Gasteiger partial charge < -0.3 is 5.32 Å². The van der Waals surface area contributed by atoms with Crippen LogP contribution in [-0.2, 0) is 4.79 Å². The molecule has 5 heteroatoms. The van der Waals surface area contributed by atoms with Gasteiger partial charge in [-0.05, 0) is 68.4 Å². The Kier molecular flexibility index (Phi) is 3.92. The maximum Gasteiger partial charge on any atom is 0.228 e. The Hall–Kier alpha value is -1.06. The second-order valence-electron chi connectivity index (χ2n) is 7.52. The Morgan fingerprint density at radius 2 is 1.71 bits per heavy atom. The van der Waals surface area contributed by atoms with Gasteiger partial charge in [-0.15, -0.1) is 23.2 Å². The lowest BCUT2D eigenvalue weighted by molar-refractivity contribution is -0.117. The van der Waals surface area contributed by atoms with Gasteiger partial charge in [-0.3, -0.25) is 9.59 Å². The zero-order chi connectivity index (χ0) is 17.1. The van der Waals surface area contributed by atoms with Crippen molar-refractivity contribution in [1.82, 2.24) is 0 Å². The van der Waals surface area contributed by atoms with Crippen LogP contribution in [0.5, 0.6) is 0 Å². The van der Waals surface area contributed by atoms with Crippen LogP contribution in [0.1, 0.15) is 43.0 Å². The van der Waals surface area contributed by atoms with E-state index in [1.165, 1.54) is 6.92 Å². The molecule has 24 heavy (non-hydrogen) atoms. The second-order valence-corrected chi connectivity index (χ2v) is 8.97. The normalized spacial score (nSPS) is 35.7. The van der Waals surface area contributed by atoms with Crippen molar-refractivity contribution in [2.24, 2.45) is 29.6 Å². The molecule has 5 atom stereocenters. The third kappa shape index (κ3) is 2.76. The van der Waals surface area contributed by atoms with Gasteiger partial charge in [0.1, 0.15) is 4.33 Å². The number of alkyl halides is 2. The van der Waals surface area contributed by atoms with Crippen LogP contribution < -0.4 is 5.32 Å². The lowest BCUT2D eigenvalue weighted by atomic mass is 10.0. The molecule has 0 radical (unpaired) electrons. The SMILES string of the molecule is CC(=O)c1cccc(NC(=O)C2[C@H]3CC[C@@H]4[C@H](CC[C@H]23)C4(Cl)Cl)c1. The molecular formula is C19H21Cl2NO2. The third-order valence-corrected chi connectivity index (χ3v) is 7.28. The molecule has 1 N–H and O–H groups in total. The standard InChI is InChI=1S/C19H21Cl2NO2/c1-10(23)11-3-2-4-12(9-11)22-18(24)17-13-5-7-15-16(19(15,20)21)8-6-14(13)17/h2-4,9,13-17H,5-8H2,1H3,(H,22,24)/t13-,14-,15-,16+,17?/m0/s1. The van der Waals surface area contributed by atoms with Crippen molar-refractivity contribution >= 4 is 40.6 Å². The molecule has 3 aliphatic carbocycles. The maximum absolute atomic E-state index is 12.6. The number of rotatable bonds is 3. The molecule has 3 saturated carbocycles. The van der Waals surface area contributed by atoms with Crippen molar-refractivity contribution in [3.8, 4) is 0 Å². The van der Waals surface area contributed by atoms with Crippen LogP contribution in [0.15, 0.2) is 24.3 Å². The number of nitrogens with one attached hydrogen (secondary N) is 1. The fourth-order valence-corrected chi connectivity index (χ4v) is 5.57. The molecule has 128 valence electrons. The number of fused-ring (bicyclic) bond motifs is 2. The fraction of sp³-hybridized carbons (Fsp3) is 0.579. The van der Waals surface area contributed by atoms with Gasteiger partial charge in [0.25, 0.3) is 0 Å². The predicted molar refractivity (Wildman–Crippen MR) is 95.4 cm³/mol. The molecule has 0 bridgehead atoms. The van der Waals surface area contributed by atoms with E-state index in [1.807, 2.05) is 6.07 Å². The van der Waals surface area contributed by atoms with Crippen molar-refractivity contribution < 1.29 is 9.59 Å². The topological polar surface area (TPSA) is 46.2 Å². The summed E-state index contributed by atoms with van der Waals surface area (Å²) in [5, 5.41) is 2.99. The fourth-order valence-electron chi connectivity index (χ4n) is 4.65. The second kappa shape index (κ2) is 5.74. The number of amides is 1. The summed E-state index contributed by atoms with van der Waals surface area (Å²) >= 11 is 12.7. The minimum absolute atomic E-state index is 0.00373. The van der Waals surface area contributed by atoms with E-state index in [1.54, 1.807) is 18.2 Å². The van der Waals surface area contributed by atoms with E-state index in [-0.39, 0.29) is 17.6 Å². The zero-order valence-corrected chi connectivity index (χ0v) is 15.1. The van der Waals surface area contributed by atoms with Crippen molar-refractivity contribution in [2.45, 2.75) is 36.9 Å². The number of hydrogen-bond acceptors (Lipinski definition) is 2. The van der Waals surface area contributed by atoms with E-state index >= 15 is 0 Å². The Morgan fingerprint density at radius 1 is 1.08 bits per heavy atom. The maximum atomic E-state index is 12.6. The number of benzene rings is 1. The molecule has 0 aliphatic heterocycles. The van der Waals surface area contributed by atoms with Crippen LogP contribution in [0.4, 0.5) is 5.69 Å². The number of hydrogen-bond donors (Lipinski definition) is 1. The average Bonchev–Trinajstić information content (AvgIpc) is 3.32.